The van der Waals surface area contributed by atoms with Crippen molar-refractivity contribution in [3.05, 3.63) is 58.6 Å². The lowest BCUT2D eigenvalue weighted by Crippen LogP contribution is -2.27. The fraction of sp³-hybridized carbons (Fsp3) is 0.478. The number of aromatic amines is 1. The van der Waals surface area contributed by atoms with Crippen molar-refractivity contribution in [1.29, 1.82) is 0 Å². The van der Waals surface area contributed by atoms with Crippen molar-refractivity contribution in [2.45, 2.75) is 45.2 Å². The Morgan fingerprint density at radius 1 is 1.30 bits per heavy atom. The van der Waals surface area contributed by atoms with Crippen LogP contribution in [0.5, 0.6) is 0 Å². The van der Waals surface area contributed by atoms with E-state index in [9.17, 15) is 13.6 Å². The third-order valence-electron chi connectivity index (χ3n) is 7.15. The first kappa shape index (κ1) is 20.3. The van der Waals surface area contributed by atoms with E-state index in [0.717, 1.165) is 42.9 Å². The first-order chi connectivity index (χ1) is 16.0. The summed E-state index contributed by atoms with van der Waals surface area (Å²) in [5.74, 6) is 1.72. The van der Waals surface area contributed by atoms with Crippen LogP contribution in [0.1, 0.15) is 64.0 Å². The smallest absolute Gasteiger partial charge is 0.280 e. The first-order valence-electron chi connectivity index (χ1n) is 11.4. The molecule has 2 unspecified atom stereocenters. The van der Waals surface area contributed by atoms with E-state index < -0.39 is 6.43 Å². The number of carbonyl (C=O) groups is 1. The summed E-state index contributed by atoms with van der Waals surface area (Å²) in [5.41, 5.74) is 3.53. The zero-order chi connectivity index (χ0) is 22.7. The van der Waals surface area contributed by atoms with Crippen molar-refractivity contribution in [1.82, 2.24) is 30.0 Å². The Morgan fingerprint density at radius 2 is 2.12 bits per heavy atom. The number of carbonyl (C=O) groups excluding carboxylic acids is 1. The molecule has 0 radical (unpaired) electrons. The van der Waals surface area contributed by atoms with Crippen LogP contribution in [0.2, 0.25) is 0 Å². The van der Waals surface area contributed by atoms with E-state index in [4.69, 9.17) is 0 Å². The summed E-state index contributed by atoms with van der Waals surface area (Å²) in [4.78, 5) is 23.3. The maximum atomic E-state index is 13.8. The fourth-order valence-electron chi connectivity index (χ4n) is 5.21. The Hall–Kier alpha value is -3.30. The van der Waals surface area contributed by atoms with Crippen molar-refractivity contribution in [2.24, 2.45) is 11.8 Å². The van der Waals surface area contributed by atoms with Crippen LogP contribution in [-0.2, 0) is 13.0 Å². The van der Waals surface area contributed by atoms with Crippen molar-refractivity contribution in [3.8, 4) is 0 Å². The molecule has 2 N–H and O–H groups in total. The average Bonchev–Trinajstić information content (AvgIpc) is 3.27. The molecular formula is C23H25F2N7O. The van der Waals surface area contributed by atoms with Gasteiger partial charge in [0.1, 0.15) is 17.2 Å². The quantitative estimate of drug-likeness (QED) is 0.598. The van der Waals surface area contributed by atoms with Gasteiger partial charge in [-0.15, -0.1) is 0 Å². The summed E-state index contributed by atoms with van der Waals surface area (Å²) in [7, 11) is 0. The maximum Gasteiger partial charge on any atom is 0.280 e. The number of anilines is 1. The number of nitrogens with one attached hydrogen (secondary N) is 2. The number of hydrogen-bond acceptors (Lipinski definition) is 5. The van der Waals surface area contributed by atoms with Crippen molar-refractivity contribution >= 4 is 11.7 Å². The molecular weight excluding hydrogens is 428 g/mol. The first-order valence-corrected chi connectivity index (χ1v) is 11.4. The van der Waals surface area contributed by atoms with Gasteiger partial charge in [0.25, 0.3) is 12.3 Å². The molecule has 6 rings (SSSR count). The molecule has 2 aliphatic carbocycles. The van der Waals surface area contributed by atoms with Gasteiger partial charge in [-0.05, 0) is 55.2 Å². The van der Waals surface area contributed by atoms with Gasteiger partial charge in [0.05, 0.1) is 24.6 Å². The number of halogens is 2. The predicted molar refractivity (Wildman–Crippen MR) is 116 cm³/mol. The molecule has 0 aromatic carbocycles. The molecule has 10 heteroatoms. The van der Waals surface area contributed by atoms with Gasteiger partial charge >= 0.3 is 0 Å². The van der Waals surface area contributed by atoms with Crippen LogP contribution in [0, 0.1) is 18.8 Å². The molecule has 8 nitrogen and oxygen atoms in total. The maximum absolute atomic E-state index is 13.8. The summed E-state index contributed by atoms with van der Waals surface area (Å²) in [6.07, 6.45) is 3.32. The van der Waals surface area contributed by atoms with E-state index in [-0.39, 0.29) is 29.9 Å². The van der Waals surface area contributed by atoms with Gasteiger partial charge in [0, 0.05) is 25.0 Å². The number of aromatic nitrogens is 5. The number of fused-ring (bicyclic) bond motifs is 2. The lowest BCUT2D eigenvalue weighted by molar-refractivity contribution is 0.0931. The van der Waals surface area contributed by atoms with E-state index in [0.29, 0.717) is 23.2 Å². The summed E-state index contributed by atoms with van der Waals surface area (Å²) in [5, 5.41) is 10.3. The van der Waals surface area contributed by atoms with Gasteiger partial charge in [-0.2, -0.15) is 5.10 Å². The molecule has 4 heterocycles. The number of alkyl halides is 2. The number of amides is 1. The van der Waals surface area contributed by atoms with E-state index >= 15 is 0 Å². The van der Waals surface area contributed by atoms with Gasteiger partial charge in [0.15, 0.2) is 0 Å². The highest BCUT2D eigenvalue weighted by atomic mass is 19.3. The molecule has 3 atom stereocenters. The monoisotopic (exact) mass is 453 g/mol. The molecule has 3 aromatic rings. The highest BCUT2D eigenvalue weighted by molar-refractivity contribution is 5.92. The zero-order valence-corrected chi connectivity index (χ0v) is 18.3. The van der Waals surface area contributed by atoms with Gasteiger partial charge in [-0.25, -0.2) is 18.7 Å². The average molecular weight is 453 g/mol. The number of piperidine rings is 1. The third kappa shape index (κ3) is 3.67. The van der Waals surface area contributed by atoms with Crippen LogP contribution in [0.4, 0.5) is 14.6 Å². The number of rotatable bonds is 6. The van der Waals surface area contributed by atoms with Crippen molar-refractivity contribution in [2.75, 3.05) is 18.0 Å². The minimum atomic E-state index is -2.67. The lowest BCUT2D eigenvalue weighted by atomic mass is 10.2. The lowest BCUT2D eigenvalue weighted by Gasteiger charge is -2.20. The molecule has 0 bridgehead atoms. The SMILES string of the molecule is Cc1[nH]nc2c1CC[C@H]2NC(=O)c1cn(Cc2ccc(N3CC4CC4C3)nc2C(F)F)cn1. The molecule has 1 saturated carbocycles. The van der Waals surface area contributed by atoms with Crippen LogP contribution in [0.25, 0.3) is 0 Å². The largest absolute Gasteiger partial charge is 0.356 e. The Bertz CT molecular complexity index is 1210. The number of imidazole rings is 1. The second kappa shape index (κ2) is 7.64. The summed E-state index contributed by atoms with van der Waals surface area (Å²) in [6, 6.07) is 3.38. The molecule has 3 aliphatic rings. The molecule has 0 spiro atoms. The summed E-state index contributed by atoms with van der Waals surface area (Å²) < 4.78 is 29.2. The van der Waals surface area contributed by atoms with Gasteiger partial charge < -0.3 is 14.8 Å². The number of pyridine rings is 1. The molecule has 1 amide bonds. The Balaban J connectivity index is 1.15. The standard InChI is InChI=1S/C23H25F2N7O/c1-12-16-3-4-17(21(16)30-29-12)27-23(33)18-10-31(11-26-18)7-13-2-5-19(28-20(13)22(24)25)32-8-14-6-15(14)9-32/h2,5,10-11,14-15,17,22H,3-4,6-9H2,1H3,(H,27,33)(H,29,30)/t14?,15?,17-/m1/s1. The molecule has 33 heavy (non-hydrogen) atoms. The van der Waals surface area contributed by atoms with Crippen molar-refractivity contribution < 1.29 is 13.6 Å². The highest BCUT2D eigenvalue weighted by Crippen LogP contribution is 2.46. The van der Waals surface area contributed by atoms with Crippen LogP contribution in [-0.4, -0.2) is 43.7 Å². The minimum absolute atomic E-state index is 0.151. The fourth-order valence-corrected chi connectivity index (χ4v) is 5.21. The Morgan fingerprint density at radius 3 is 2.91 bits per heavy atom. The van der Waals surface area contributed by atoms with E-state index in [1.807, 2.05) is 13.0 Å². The van der Waals surface area contributed by atoms with Gasteiger partial charge in [0.2, 0.25) is 0 Å². The summed E-state index contributed by atoms with van der Waals surface area (Å²) in [6.45, 7) is 3.95. The van der Waals surface area contributed by atoms with Crippen molar-refractivity contribution in [3.63, 3.8) is 0 Å². The van der Waals surface area contributed by atoms with E-state index in [1.165, 1.54) is 12.7 Å². The Kier molecular flexibility index (Phi) is 4.70. The van der Waals surface area contributed by atoms with Crippen LogP contribution >= 0.6 is 0 Å². The number of aryl methyl sites for hydroxylation is 1. The minimum Gasteiger partial charge on any atom is -0.356 e. The Labute approximate surface area is 189 Å². The normalized spacial score (nSPS) is 23.2. The van der Waals surface area contributed by atoms with E-state index in [2.05, 4.69) is 30.4 Å². The topological polar surface area (TPSA) is 91.7 Å². The predicted octanol–water partition coefficient (Wildman–Crippen LogP) is 3.17. The van der Waals surface area contributed by atoms with Gasteiger partial charge in [-0.1, -0.05) is 6.07 Å². The van der Waals surface area contributed by atoms with Gasteiger partial charge in [-0.3, -0.25) is 9.89 Å². The highest BCUT2D eigenvalue weighted by Gasteiger charge is 2.45. The van der Waals surface area contributed by atoms with Crippen LogP contribution < -0.4 is 10.2 Å². The zero-order valence-electron chi connectivity index (χ0n) is 18.3. The third-order valence-corrected chi connectivity index (χ3v) is 7.15. The van der Waals surface area contributed by atoms with Crippen LogP contribution in [0.3, 0.4) is 0 Å². The molecule has 172 valence electrons. The molecule has 1 saturated heterocycles. The number of nitrogens with zero attached hydrogens (tertiary/aromatic N) is 5. The van der Waals surface area contributed by atoms with Crippen LogP contribution in [0.15, 0.2) is 24.7 Å². The van der Waals surface area contributed by atoms with E-state index in [1.54, 1.807) is 16.8 Å². The molecule has 1 aliphatic heterocycles. The second-order valence-corrected chi connectivity index (χ2v) is 9.38. The molecule has 3 aromatic heterocycles. The number of hydrogen-bond donors (Lipinski definition) is 2. The second-order valence-electron chi connectivity index (χ2n) is 9.38. The molecule has 2 fully saturated rings. The number of H-pyrrole nitrogens is 1. The summed E-state index contributed by atoms with van der Waals surface area (Å²) >= 11 is 0.